The number of nitrogens with zero attached hydrogens (tertiary/aromatic N) is 3. The summed E-state index contributed by atoms with van der Waals surface area (Å²) < 4.78 is 11.1. The third-order valence-electron chi connectivity index (χ3n) is 5.58. The molecule has 0 aliphatic carbocycles. The van der Waals surface area contributed by atoms with Crippen molar-refractivity contribution in [3.63, 3.8) is 0 Å². The Morgan fingerprint density at radius 3 is 2.48 bits per heavy atom. The van der Waals surface area contributed by atoms with Crippen molar-refractivity contribution in [2.24, 2.45) is 0 Å². The highest BCUT2D eigenvalue weighted by Crippen LogP contribution is 2.26. The summed E-state index contributed by atoms with van der Waals surface area (Å²) in [7, 11) is 0. The standard InChI is InChI=1S/C24H26ClN3O3/c1-17-7-9-19(10-8-17)15-27-11-13-28(14-12-27)24(29)23-20(18(2)31-26-23)16-30-22-6-4-3-5-21(22)25/h3-10H,11-16H2,1-2H3. The summed E-state index contributed by atoms with van der Waals surface area (Å²) in [4.78, 5) is 17.3. The van der Waals surface area contributed by atoms with Gasteiger partial charge in [-0.05, 0) is 31.5 Å². The van der Waals surface area contributed by atoms with Gasteiger partial charge in [0.1, 0.15) is 18.1 Å². The number of benzene rings is 2. The van der Waals surface area contributed by atoms with Crippen LogP contribution in [0.2, 0.25) is 5.02 Å². The van der Waals surface area contributed by atoms with Gasteiger partial charge in [0.2, 0.25) is 0 Å². The van der Waals surface area contributed by atoms with E-state index in [1.165, 1.54) is 11.1 Å². The van der Waals surface area contributed by atoms with Crippen molar-refractivity contribution >= 4 is 17.5 Å². The van der Waals surface area contributed by atoms with Gasteiger partial charge in [-0.15, -0.1) is 0 Å². The topological polar surface area (TPSA) is 58.8 Å². The molecule has 6 nitrogen and oxygen atoms in total. The SMILES string of the molecule is Cc1ccc(CN2CCN(C(=O)c3noc(C)c3COc3ccccc3Cl)CC2)cc1. The third-order valence-corrected chi connectivity index (χ3v) is 5.89. The minimum atomic E-state index is -0.121. The molecule has 0 spiro atoms. The number of halogens is 1. The van der Waals surface area contributed by atoms with E-state index >= 15 is 0 Å². The summed E-state index contributed by atoms with van der Waals surface area (Å²) in [6.07, 6.45) is 0. The molecule has 0 atom stereocenters. The number of aryl methyl sites for hydroxylation is 2. The molecule has 31 heavy (non-hydrogen) atoms. The molecule has 0 saturated carbocycles. The molecule has 0 unspecified atom stereocenters. The van der Waals surface area contributed by atoms with Crippen LogP contribution in [0.15, 0.2) is 53.1 Å². The van der Waals surface area contributed by atoms with Crippen molar-refractivity contribution < 1.29 is 14.1 Å². The second-order valence-corrected chi connectivity index (χ2v) is 8.25. The number of para-hydroxylation sites is 1. The van der Waals surface area contributed by atoms with E-state index < -0.39 is 0 Å². The highest BCUT2D eigenvalue weighted by Gasteiger charge is 2.28. The minimum absolute atomic E-state index is 0.121. The van der Waals surface area contributed by atoms with Gasteiger partial charge in [0.05, 0.1) is 10.6 Å². The van der Waals surface area contributed by atoms with Gasteiger partial charge in [0.25, 0.3) is 5.91 Å². The quantitative estimate of drug-likeness (QED) is 0.566. The first-order chi connectivity index (χ1) is 15.0. The van der Waals surface area contributed by atoms with Gasteiger partial charge in [-0.3, -0.25) is 9.69 Å². The lowest BCUT2D eigenvalue weighted by molar-refractivity contribution is 0.0616. The zero-order chi connectivity index (χ0) is 21.8. The zero-order valence-corrected chi connectivity index (χ0v) is 18.6. The smallest absolute Gasteiger partial charge is 0.276 e. The van der Waals surface area contributed by atoms with Gasteiger partial charge >= 0.3 is 0 Å². The van der Waals surface area contributed by atoms with Gasteiger partial charge < -0.3 is 14.2 Å². The number of amides is 1. The van der Waals surface area contributed by atoms with Crippen molar-refractivity contribution in [1.29, 1.82) is 0 Å². The van der Waals surface area contributed by atoms with Gasteiger partial charge in [0.15, 0.2) is 5.69 Å². The second kappa shape index (κ2) is 9.54. The number of ether oxygens (including phenoxy) is 1. The molecular formula is C24H26ClN3O3. The molecule has 1 aliphatic rings. The molecule has 0 N–H and O–H groups in total. The fourth-order valence-corrected chi connectivity index (χ4v) is 3.84. The van der Waals surface area contributed by atoms with E-state index in [-0.39, 0.29) is 12.5 Å². The molecule has 1 aromatic heterocycles. The molecular weight excluding hydrogens is 414 g/mol. The number of aromatic nitrogens is 1. The van der Waals surface area contributed by atoms with E-state index in [0.717, 1.165) is 19.6 Å². The Balaban J connectivity index is 1.37. The van der Waals surface area contributed by atoms with E-state index in [4.69, 9.17) is 20.9 Å². The predicted octanol–water partition coefficient (Wildman–Crippen LogP) is 4.48. The van der Waals surface area contributed by atoms with Gasteiger partial charge in [-0.1, -0.05) is 58.7 Å². The first-order valence-electron chi connectivity index (χ1n) is 10.4. The minimum Gasteiger partial charge on any atom is -0.487 e. The molecule has 4 rings (SSSR count). The number of carbonyl (C=O) groups is 1. The molecule has 2 heterocycles. The van der Waals surface area contributed by atoms with Crippen molar-refractivity contribution in [3.8, 4) is 5.75 Å². The molecule has 7 heteroatoms. The third kappa shape index (κ3) is 5.09. The Hall–Kier alpha value is -2.83. The molecule has 1 aliphatic heterocycles. The molecule has 3 aromatic rings. The molecule has 2 aromatic carbocycles. The number of rotatable bonds is 6. The van der Waals surface area contributed by atoms with Crippen molar-refractivity contribution in [3.05, 3.63) is 81.7 Å². The number of piperazine rings is 1. The maximum atomic E-state index is 13.1. The molecule has 1 saturated heterocycles. The van der Waals surface area contributed by atoms with E-state index in [1.807, 2.05) is 17.0 Å². The van der Waals surface area contributed by atoms with Crippen LogP contribution in [0.3, 0.4) is 0 Å². The summed E-state index contributed by atoms with van der Waals surface area (Å²) in [6, 6.07) is 15.8. The fraction of sp³-hybridized carbons (Fsp3) is 0.333. The van der Waals surface area contributed by atoms with Crippen LogP contribution in [0.4, 0.5) is 0 Å². The maximum Gasteiger partial charge on any atom is 0.276 e. The summed E-state index contributed by atoms with van der Waals surface area (Å²) >= 11 is 6.16. The van der Waals surface area contributed by atoms with Crippen LogP contribution >= 0.6 is 11.6 Å². The largest absolute Gasteiger partial charge is 0.487 e. The molecule has 1 fully saturated rings. The lowest BCUT2D eigenvalue weighted by Crippen LogP contribution is -2.48. The Bertz CT molecular complexity index is 1040. The van der Waals surface area contributed by atoms with Crippen molar-refractivity contribution in [2.45, 2.75) is 27.0 Å². The van der Waals surface area contributed by atoms with Crippen molar-refractivity contribution in [1.82, 2.24) is 15.0 Å². The summed E-state index contributed by atoms with van der Waals surface area (Å²) in [6.45, 7) is 7.89. The number of hydrogen-bond acceptors (Lipinski definition) is 5. The normalized spacial score (nSPS) is 14.6. The molecule has 0 bridgehead atoms. The van der Waals surface area contributed by atoms with Gasteiger partial charge in [-0.2, -0.15) is 0 Å². The summed E-state index contributed by atoms with van der Waals surface area (Å²) in [5, 5.41) is 4.55. The van der Waals surface area contributed by atoms with E-state index in [9.17, 15) is 4.79 Å². The first kappa shape index (κ1) is 21.4. The lowest BCUT2D eigenvalue weighted by atomic mass is 10.1. The zero-order valence-electron chi connectivity index (χ0n) is 17.8. The first-order valence-corrected chi connectivity index (χ1v) is 10.8. The average Bonchev–Trinajstić information content (AvgIpc) is 3.15. The maximum absolute atomic E-state index is 13.1. The van der Waals surface area contributed by atoms with Crippen LogP contribution in [0.5, 0.6) is 5.75 Å². The number of hydrogen-bond donors (Lipinski definition) is 0. The Morgan fingerprint density at radius 1 is 1.06 bits per heavy atom. The summed E-state index contributed by atoms with van der Waals surface area (Å²) in [5.74, 6) is 1.02. The monoisotopic (exact) mass is 439 g/mol. The molecule has 162 valence electrons. The fourth-order valence-electron chi connectivity index (χ4n) is 3.65. The van der Waals surface area contributed by atoms with Crippen LogP contribution in [0.25, 0.3) is 0 Å². The molecule has 1 amide bonds. The Morgan fingerprint density at radius 2 is 1.77 bits per heavy atom. The van der Waals surface area contributed by atoms with E-state index in [2.05, 4.69) is 41.2 Å². The Labute approximate surface area is 187 Å². The highest BCUT2D eigenvalue weighted by atomic mass is 35.5. The average molecular weight is 440 g/mol. The summed E-state index contributed by atoms with van der Waals surface area (Å²) in [5.41, 5.74) is 3.52. The molecule has 0 radical (unpaired) electrons. The van der Waals surface area contributed by atoms with Crippen LogP contribution in [0, 0.1) is 13.8 Å². The van der Waals surface area contributed by atoms with E-state index in [0.29, 0.717) is 40.9 Å². The van der Waals surface area contributed by atoms with Crippen LogP contribution < -0.4 is 4.74 Å². The Kier molecular flexibility index (Phi) is 6.59. The van der Waals surface area contributed by atoms with Crippen LogP contribution in [0.1, 0.15) is 32.9 Å². The lowest BCUT2D eigenvalue weighted by Gasteiger charge is -2.34. The van der Waals surface area contributed by atoms with Crippen LogP contribution in [-0.2, 0) is 13.2 Å². The van der Waals surface area contributed by atoms with Gasteiger partial charge in [0, 0.05) is 32.7 Å². The van der Waals surface area contributed by atoms with Gasteiger partial charge in [-0.25, -0.2) is 0 Å². The number of carbonyl (C=O) groups excluding carboxylic acids is 1. The highest BCUT2D eigenvalue weighted by molar-refractivity contribution is 6.32. The van der Waals surface area contributed by atoms with Crippen molar-refractivity contribution in [2.75, 3.05) is 26.2 Å². The van der Waals surface area contributed by atoms with Crippen LogP contribution in [-0.4, -0.2) is 47.0 Å². The van der Waals surface area contributed by atoms with E-state index in [1.54, 1.807) is 19.1 Å². The second-order valence-electron chi connectivity index (χ2n) is 7.84. The predicted molar refractivity (Wildman–Crippen MR) is 119 cm³/mol.